The molecule has 32 heavy (non-hydrogen) atoms. The lowest BCUT2D eigenvalue weighted by Crippen LogP contribution is -1.91. The summed E-state index contributed by atoms with van der Waals surface area (Å²) in [5, 5.41) is 0. The second-order valence-electron chi connectivity index (χ2n) is 7.35. The lowest BCUT2D eigenvalue weighted by Gasteiger charge is -2.11. The summed E-state index contributed by atoms with van der Waals surface area (Å²) >= 11 is 0. The molecule has 0 aliphatic carbocycles. The molecule has 0 bridgehead atoms. The molecule has 0 heterocycles. The number of hydrogen-bond donors (Lipinski definition) is 0. The maximum atomic E-state index is 5.35. The molecule has 0 unspecified atom stereocenters. The molecule has 0 saturated heterocycles. The van der Waals surface area contributed by atoms with Crippen LogP contribution in [0.25, 0.3) is 11.1 Å². The number of methoxy groups -OCH3 is 2. The van der Waals surface area contributed by atoms with Crippen molar-refractivity contribution in [2.24, 2.45) is 0 Å². The van der Waals surface area contributed by atoms with E-state index in [1.54, 1.807) is 14.2 Å². The van der Waals surface area contributed by atoms with Crippen LogP contribution in [0.4, 0.5) is 0 Å². The zero-order valence-corrected chi connectivity index (χ0v) is 18.4. The van der Waals surface area contributed by atoms with Gasteiger partial charge < -0.3 is 9.47 Å². The van der Waals surface area contributed by atoms with Crippen LogP contribution >= 0.6 is 0 Å². The van der Waals surface area contributed by atoms with Crippen LogP contribution in [0.15, 0.2) is 121 Å². The molecule has 4 rings (SSSR count). The first kappa shape index (κ1) is 21.2. The third-order valence-electron chi connectivity index (χ3n) is 5.39. The van der Waals surface area contributed by atoms with Gasteiger partial charge in [0, 0.05) is 0 Å². The number of ether oxygens (including phenoxy) is 2. The van der Waals surface area contributed by atoms with Gasteiger partial charge in [0.15, 0.2) is 0 Å². The van der Waals surface area contributed by atoms with Gasteiger partial charge >= 0.3 is 0 Å². The second kappa shape index (κ2) is 10.3. The molecule has 0 fully saturated rings. The minimum absolute atomic E-state index is 0.847. The summed E-state index contributed by atoms with van der Waals surface area (Å²) in [6.07, 6.45) is 4.40. The molecule has 4 aromatic carbocycles. The largest absolute Gasteiger partial charge is 0.497 e. The minimum atomic E-state index is 0.847. The number of benzene rings is 4. The first-order chi connectivity index (χ1) is 15.8. The average Bonchev–Trinajstić information content (AvgIpc) is 2.88. The Balaban J connectivity index is 1.84. The van der Waals surface area contributed by atoms with E-state index in [9.17, 15) is 0 Å². The van der Waals surface area contributed by atoms with Crippen molar-refractivity contribution in [3.8, 4) is 11.5 Å². The number of rotatable bonds is 7. The van der Waals surface area contributed by atoms with Gasteiger partial charge in [0.05, 0.1) is 14.2 Å². The summed E-state index contributed by atoms with van der Waals surface area (Å²) in [6, 6.07) is 37.3. The van der Waals surface area contributed by atoms with Crippen LogP contribution in [-0.2, 0) is 0 Å². The Labute approximate surface area is 190 Å². The van der Waals surface area contributed by atoms with Gasteiger partial charge in [0.1, 0.15) is 11.5 Å². The molecular formula is C30H26O2. The summed E-state index contributed by atoms with van der Waals surface area (Å²) < 4.78 is 10.7. The summed E-state index contributed by atoms with van der Waals surface area (Å²) in [5.41, 5.74) is 6.89. The molecular weight excluding hydrogens is 392 g/mol. The highest BCUT2D eigenvalue weighted by Gasteiger charge is 2.08. The van der Waals surface area contributed by atoms with E-state index in [2.05, 4.69) is 84.9 Å². The Bertz CT molecular complexity index is 1090. The lowest BCUT2D eigenvalue weighted by atomic mass is 9.94. The smallest absolute Gasteiger partial charge is 0.118 e. The van der Waals surface area contributed by atoms with Crippen molar-refractivity contribution in [3.05, 3.63) is 144 Å². The lowest BCUT2D eigenvalue weighted by molar-refractivity contribution is 0.414. The third kappa shape index (κ3) is 4.98. The van der Waals surface area contributed by atoms with E-state index in [1.807, 2.05) is 36.4 Å². The quantitative estimate of drug-likeness (QED) is 0.294. The fourth-order valence-electron chi connectivity index (χ4n) is 3.66. The Morgan fingerprint density at radius 1 is 0.438 bits per heavy atom. The van der Waals surface area contributed by atoms with Crippen molar-refractivity contribution < 1.29 is 9.47 Å². The Kier molecular flexibility index (Phi) is 6.84. The zero-order chi connectivity index (χ0) is 22.2. The molecule has 158 valence electrons. The molecule has 0 saturated carbocycles. The maximum Gasteiger partial charge on any atom is 0.118 e. The van der Waals surface area contributed by atoms with Crippen LogP contribution in [-0.4, -0.2) is 14.2 Å². The molecule has 4 aromatic rings. The molecule has 2 nitrogen and oxygen atoms in total. The number of hydrogen-bond acceptors (Lipinski definition) is 2. The van der Waals surface area contributed by atoms with Crippen molar-refractivity contribution >= 4 is 11.1 Å². The van der Waals surface area contributed by atoms with Crippen LogP contribution in [0.1, 0.15) is 22.3 Å². The molecule has 0 amide bonds. The first-order valence-corrected chi connectivity index (χ1v) is 10.6. The first-order valence-electron chi connectivity index (χ1n) is 10.6. The van der Waals surface area contributed by atoms with Crippen LogP contribution in [0.2, 0.25) is 0 Å². The van der Waals surface area contributed by atoms with Gasteiger partial charge in [-0.05, 0) is 57.7 Å². The van der Waals surface area contributed by atoms with Crippen molar-refractivity contribution in [2.45, 2.75) is 0 Å². The summed E-state index contributed by atoms with van der Waals surface area (Å²) in [7, 11) is 3.37. The highest BCUT2D eigenvalue weighted by molar-refractivity contribution is 5.86. The Morgan fingerprint density at radius 2 is 0.750 bits per heavy atom. The molecule has 2 heteroatoms. The van der Waals surface area contributed by atoms with Gasteiger partial charge in [-0.2, -0.15) is 0 Å². The molecule has 0 spiro atoms. The van der Waals surface area contributed by atoms with Gasteiger partial charge in [-0.3, -0.25) is 0 Å². The predicted octanol–water partition coefficient (Wildman–Crippen LogP) is 7.27. The summed E-state index contributed by atoms with van der Waals surface area (Å²) in [4.78, 5) is 0. The van der Waals surface area contributed by atoms with Gasteiger partial charge in [-0.1, -0.05) is 97.1 Å². The summed E-state index contributed by atoms with van der Waals surface area (Å²) in [5.74, 6) is 1.69. The molecule has 0 aliphatic rings. The standard InChI is InChI=1S/C30H26O2/c1-31-27-17-13-25(14-18-27)29(23-9-5-3-6-10-23)21-22-30(24-11-7-4-8-12-24)26-15-19-28(32-2)20-16-26/h3-22H,1-2H3/b29-21+,30-22+. The van der Waals surface area contributed by atoms with E-state index in [0.717, 1.165) is 44.9 Å². The van der Waals surface area contributed by atoms with E-state index >= 15 is 0 Å². The monoisotopic (exact) mass is 418 g/mol. The van der Waals surface area contributed by atoms with Crippen LogP contribution < -0.4 is 9.47 Å². The van der Waals surface area contributed by atoms with Crippen molar-refractivity contribution in [2.75, 3.05) is 14.2 Å². The second-order valence-corrected chi connectivity index (χ2v) is 7.35. The van der Waals surface area contributed by atoms with E-state index in [4.69, 9.17) is 9.47 Å². The van der Waals surface area contributed by atoms with Crippen molar-refractivity contribution in [3.63, 3.8) is 0 Å². The SMILES string of the molecule is COc1ccc(/C(=C/C=C(\c2ccccc2)c2ccc(OC)cc2)c2ccccc2)cc1. The highest BCUT2D eigenvalue weighted by Crippen LogP contribution is 2.29. The van der Waals surface area contributed by atoms with Gasteiger partial charge in [0.25, 0.3) is 0 Å². The molecule has 0 radical (unpaired) electrons. The predicted molar refractivity (Wildman–Crippen MR) is 133 cm³/mol. The normalized spacial score (nSPS) is 11.8. The topological polar surface area (TPSA) is 18.5 Å². The van der Waals surface area contributed by atoms with Crippen molar-refractivity contribution in [1.29, 1.82) is 0 Å². The van der Waals surface area contributed by atoms with Gasteiger partial charge in [-0.15, -0.1) is 0 Å². The maximum absolute atomic E-state index is 5.35. The number of allylic oxidation sites excluding steroid dienone is 2. The van der Waals surface area contributed by atoms with E-state index < -0.39 is 0 Å². The van der Waals surface area contributed by atoms with Crippen LogP contribution in [0.5, 0.6) is 11.5 Å². The fourth-order valence-corrected chi connectivity index (χ4v) is 3.66. The Morgan fingerprint density at radius 3 is 1.06 bits per heavy atom. The Hall–Kier alpha value is -4.04. The highest BCUT2D eigenvalue weighted by atomic mass is 16.5. The molecule has 0 N–H and O–H groups in total. The van der Waals surface area contributed by atoms with E-state index in [0.29, 0.717) is 0 Å². The summed E-state index contributed by atoms with van der Waals surface area (Å²) in [6.45, 7) is 0. The zero-order valence-electron chi connectivity index (χ0n) is 18.4. The molecule has 0 aliphatic heterocycles. The van der Waals surface area contributed by atoms with E-state index in [-0.39, 0.29) is 0 Å². The van der Waals surface area contributed by atoms with Crippen LogP contribution in [0.3, 0.4) is 0 Å². The molecule has 0 aromatic heterocycles. The average molecular weight is 419 g/mol. The third-order valence-corrected chi connectivity index (χ3v) is 5.39. The van der Waals surface area contributed by atoms with E-state index in [1.165, 1.54) is 0 Å². The van der Waals surface area contributed by atoms with Crippen LogP contribution in [0, 0.1) is 0 Å². The minimum Gasteiger partial charge on any atom is -0.497 e. The van der Waals surface area contributed by atoms with Gasteiger partial charge in [0.2, 0.25) is 0 Å². The van der Waals surface area contributed by atoms with Crippen molar-refractivity contribution in [1.82, 2.24) is 0 Å². The fraction of sp³-hybridized carbons (Fsp3) is 0.0667. The van der Waals surface area contributed by atoms with Gasteiger partial charge in [-0.25, -0.2) is 0 Å². The molecule has 0 atom stereocenters.